The molecule has 2 N–H and O–H groups in total. The first-order valence-corrected chi connectivity index (χ1v) is 6.77. The first kappa shape index (κ1) is 11.3. The number of nitrogens with zero attached hydrogens (tertiary/aromatic N) is 1. The maximum atomic E-state index is 11.5. The van der Waals surface area contributed by atoms with Gasteiger partial charge in [0.05, 0.1) is 5.69 Å². The molecule has 1 amide bonds. The summed E-state index contributed by atoms with van der Waals surface area (Å²) in [6, 6.07) is 9.92. The topological polar surface area (TPSA) is 57.2 Å². The van der Waals surface area contributed by atoms with Crippen molar-refractivity contribution >= 4 is 33.6 Å². The van der Waals surface area contributed by atoms with Crippen LogP contribution in [0.5, 0.6) is 0 Å². The summed E-state index contributed by atoms with van der Waals surface area (Å²) in [7, 11) is 1.64. The number of likely N-dealkylation sites (N-methyl/N-ethyl adjacent to an activating group) is 1. The Hall–Kier alpha value is -1.75. The van der Waals surface area contributed by atoms with Crippen LogP contribution in [0.1, 0.15) is 5.69 Å². The molecule has 92 valence electrons. The van der Waals surface area contributed by atoms with Crippen molar-refractivity contribution in [2.75, 3.05) is 12.8 Å². The van der Waals surface area contributed by atoms with Crippen LogP contribution in [0.2, 0.25) is 0 Å². The van der Waals surface area contributed by atoms with Gasteiger partial charge in [0.25, 0.3) is 0 Å². The highest BCUT2D eigenvalue weighted by Crippen LogP contribution is 2.25. The summed E-state index contributed by atoms with van der Waals surface area (Å²) in [5, 5.41) is 4.72. The van der Waals surface area contributed by atoms with E-state index in [0.29, 0.717) is 5.75 Å². The van der Waals surface area contributed by atoms with Crippen LogP contribution in [0.4, 0.5) is 0 Å². The summed E-state index contributed by atoms with van der Waals surface area (Å²) >= 11 is 1.62. The van der Waals surface area contributed by atoms with Gasteiger partial charge in [-0.2, -0.15) is 0 Å². The van der Waals surface area contributed by atoms with E-state index in [1.54, 1.807) is 18.8 Å². The van der Waals surface area contributed by atoms with Gasteiger partial charge in [-0.3, -0.25) is 9.79 Å². The quantitative estimate of drug-likeness (QED) is 0.863. The molecule has 3 rings (SSSR count). The van der Waals surface area contributed by atoms with Gasteiger partial charge in [0.2, 0.25) is 5.91 Å². The number of fused-ring (bicyclic) bond motifs is 1. The van der Waals surface area contributed by atoms with Crippen molar-refractivity contribution < 1.29 is 4.79 Å². The summed E-state index contributed by atoms with van der Waals surface area (Å²) in [6.45, 7) is 0. The standard InChI is InChI=1S/C13H13N3OS/c1-14-12(17)11-7-18-13(16-11)10-6-8-4-2-3-5-9(8)15-10/h2-6,11,15H,7H2,1H3,(H,14,17)/t11-/m0/s1. The maximum Gasteiger partial charge on any atom is 0.245 e. The van der Waals surface area contributed by atoms with Gasteiger partial charge in [-0.15, -0.1) is 11.8 Å². The number of amides is 1. The van der Waals surface area contributed by atoms with Crippen LogP contribution in [0.15, 0.2) is 35.3 Å². The fraction of sp³-hybridized carbons (Fsp3) is 0.231. The fourth-order valence-electron chi connectivity index (χ4n) is 2.01. The van der Waals surface area contributed by atoms with Gasteiger partial charge in [0.15, 0.2) is 0 Å². The Kier molecular flexibility index (Phi) is 2.83. The second-order valence-electron chi connectivity index (χ2n) is 4.15. The number of nitrogens with one attached hydrogen (secondary N) is 2. The minimum absolute atomic E-state index is 0.0198. The molecular formula is C13H13N3OS. The number of hydrogen-bond donors (Lipinski definition) is 2. The third kappa shape index (κ3) is 1.90. The molecule has 1 aromatic heterocycles. The number of para-hydroxylation sites is 1. The third-order valence-corrected chi connectivity index (χ3v) is 4.04. The van der Waals surface area contributed by atoms with Crippen molar-refractivity contribution in [2.45, 2.75) is 6.04 Å². The number of aromatic nitrogens is 1. The van der Waals surface area contributed by atoms with E-state index < -0.39 is 0 Å². The molecule has 1 aliphatic heterocycles. The van der Waals surface area contributed by atoms with Crippen molar-refractivity contribution in [1.82, 2.24) is 10.3 Å². The normalized spacial score (nSPS) is 18.9. The number of aromatic amines is 1. The third-order valence-electron chi connectivity index (χ3n) is 2.96. The number of benzene rings is 1. The zero-order valence-corrected chi connectivity index (χ0v) is 10.8. The second kappa shape index (κ2) is 4.49. The Balaban J connectivity index is 1.93. The molecule has 2 heterocycles. The van der Waals surface area contributed by atoms with Crippen molar-refractivity contribution in [3.63, 3.8) is 0 Å². The van der Waals surface area contributed by atoms with Gasteiger partial charge in [0, 0.05) is 23.7 Å². The molecule has 0 saturated carbocycles. The second-order valence-corrected chi connectivity index (χ2v) is 5.15. The zero-order valence-electron chi connectivity index (χ0n) is 9.93. The summed E-state index contributed by atoms with van der Waals surface area (Å²) in [5.41, 5.74) is 2.09. The monoisotopic (exact) mass is 259 g/mol. The van der Waals surface area contributed by atoms with E-state index in [2.05, 4.69) is 27.4 Å². The summed E-state index contributed by atoms with van der Waals surface area (Å²) < 4.78 is 0. The van der Waals surface area contributed by atoms with Crippen molar-refractivity contribution in [3.05, 3.63) is 36.0 Å². The summed E-state index contributed by atoms with van der Waals surface area (Å²) in [6.07, 6.45) is 0. The molecule has 1 aromatic carbocycles. The predicted molar refractivity (Wildman–Crippen MR) is 75.1 cm³/mol. The molecule has 0 fully saturated rings. The lowest BCUT2D eigenvalue weighted by atomic mass is 10.2. The number of hydrogen-bond acceptors (Lipinski definition) is 3. The first-order chi connectivity index (χ1) is 8.78. The average molecular weight is 259 g/mol. The molecule has 0 unspecified atom stereocenters. The van der Waals surface area contributed by atoms with Gasteiger partial charge in [-0.25, -0.2) is 0 Å². The van der Waals surface area contributed by atoms with Gasteiger partial charge in [-0.05, 0) is 12.1 Å². The van der Waals surface area contributed by atoms with Crippen LogP contribution >= 0.6 is 11.8 Å². The molecule has 0 saturated heterocycles. The van der Waals surface area contributed by atoms with E-state index in [-0.39, 0.29) is 11.9 Å². The van der Waals surface area contributed by atoms with E-state index in [1.165, 1.54) is 5.39 Å². The lowest BCUT2D eigenvalue weighted by Gasteiger charge is -2.01. The molecule has 0 spiro atoms. The fourth-order valence-corrected chi connectivity index (χ4v) is 3.02. The van der Waals surface area contributed by atoms with Crippen molar-refractivity contribution in [2.24, 2.45) is 4.99 Å². The lowest BCUT2D eigenvalue weighted by molar-refractivity contribution is -0.121. The van der Waals surface area contributed by atoms with E-state index in [1.807, 2.05) is 18.2 Å². The molecule has 5 heteroatoms. The first-order valence-electron chi connectivity index (χ1n) is 5.78. The molecule has 1 aliphatic rings. The number of carbonyl (C=O) groups is 1. The smallest absolute Gasteiger partial charge is 0.245 e. The van der Waals surface area contributed by atoms with Gasteiger partial charge >= 0.3 is 0 Å². The van der Waals surface area contributed by atoms with Crippen LogP contribution in [0.25, 0.3) is 10.9 Å². The molecule has 0 aliphatic carbocycles. The SMILES string of the molecule is CNC(=O)[C@@H]1CSC(c2cc3ccccc3[nH]2)=N1. The number of carbonyl (C=O) groups excluding carboxylic acids is 1. The number of rotatable bonds is 2. The molecule has 2 aromatic rings. The molecule has 0 bridgehead atoms. The highest BCUT2D eigenvalue weighted by Gasteiger charge is 2.25. The Morgan fingerprint density at radius 2 is 2.33 bits per heavy atom. The average Bonchev–Trinajstić information content (AvgIpc) is 3.03. The molecule has 0 radical (unpaired) electrons. The minimum Gasteiger partial charge on any atom is -0.357 e. The van der Waals surface area contributed by atoms with Crippen LogP contribution < -0.4 is 5.32 Å². The molecular weight excluding hydrogens is 246 g/mol. The Labute approximate surface area is 109 Å². The predicted octanol–water partition coefficient (Wildman–Crippen LogP) is 1.78. The number of thioether (sulfide) groups is 1. The van der Waals surface area contributed by atoms with Gasteiger partial charge in [-0.1, -0.05) is 18.2 Å². The molecule has 18 heavy (non-hydrogen) atoms. The van der Waals surface area contributed by atoms with Crippen LogP contribution in [0.3, 0.4) is 0 Å². The Morgan fingerprint density at radius 3 is 3.11 bits per heavy atom. The van der Waals surface area contributed by atoms with Gasteiger partial charge < -0.3 is 10.3 Å². The summed E-state index contributed by atoms with van der Waals surface area (Å²) in [5.74, 6) is 0.693. The Morgan fingerprint density at radius 1 is 1.50 bits per heavy atom. The van der Waals surface area contributed by atoms with Gasteiger partial charge in [0.1, 0.15) is 11.1 Å². The molecule has 4 nitrogen and oxygen atoms in total. The molecule has 1 atom stereocenters. The zero-order chi connectivity index (χ0) is 12.5. The van der Waals surface area contributed by atoms with Crippen LogP contribution in [-0.4, -0.2) is 34.8 Å². The Bertz CT molecular complexity index is 599. The lowest BCUT2D eigenvalue weighted by Crippen LogP contribution is -2.30. The minimum atomic E-state index is -0.263. The van der Waals surface area contributed by atoms with E-state index in [0.717, 1.165) is 16.3 Å². The van der Waals surface area contributed by atoms with Crippen molar-refractivity contribution in [1.29, 1.82) is 0 Å². The van der Waals surface area contributed by atoms with E-state index in [9.17, 15) is 4.79 Å². The van der Waals surface area contributed by atoms with Crippen LogP contribution in [0, 0.1) is 0 Å². The highest BCUT2D eigenvalue weighted by atomic mass is 32.2. The van der Waals surface area contributed by atoms with E-state index in [4.69, 9.17) is 0 Å². The number of H-pyrrole nitrogens is 1. The number of aliphatic imine (C=N–C) groups is 1. The highest BCUT2D eigenvalue weighted by molar-refractivity contribution is 8.14. The van der Waals surface area contributed by atoms with Crippen LogP contribution in [-0.2, 0) is 4.79 Å². The van der Waals surface area contributed by atoms with E-state index >= 15 is 0 Å². The maximum absolute atomic E-state index is 11.5. The van der Waals surface area contributed by atoms with Crippen molar-refractivity contribution in [3.8, 4) is 0 Å². The largest absolute Gasteiger partial charge is 0.357 e. The summed E-state index contributed by atoms with van der Waals surface area (Å²) in [4.78, 5) is 19.3.